The first-order valence-electron chi connectivity index (χ1n) is 11.5. The van der Waals surface area contributed by atoms with Crippen LogP contribution in [0.3, 0.4) is 0 Å². The first-order chi connectivity index (χ1) is 16.3. The Morgan fingerprint density at radius 2 is 1.67 bits per heavy atom. The number of nitrogens with zero attached hydrogens (tertiary/aromatic N) is 5. The summed E-state index contributed by atoms with van der Waals surface area (Å²) < 4.78 is 0. The molecule has 0 amide bonds. The lowest BCUT2D eigenvalue weighted by molar-refractivity contribution is 0.577. The minimum Gasteiger partial charge on any atom is -0.371 e. The molecule has 0 bridgehead atoms. The van der Waals surface area contributed by atoms with E-state index in [0.29, 0.717) is 0 Å². The number of benzene rings is 2. The molecule has 33 heavy (non-hydrogen) atoms. The average Bonchev–Trinajstić information content (AvgIpc) is 3.56. The first kappa shape index (κ1) is 19.7. The van der Waals surface area contributed by atoms with Crippen molar-refractivity contribution in [2.24, 2.45) is 0 Å². The van der Waals surface area contributed by atoms with E-state index in [1.165, 1.54) is 30.5 Å². The largest absolute Gasteiger partial charge is 0.371 e. The van der Waals surface area contributed by atoms with Crippen LogP contribution in [0.2, 0.25) is 0 Å². The van der Waals surface area contributed by atoms with Crippen molar-refractivity contribution in [1.82, 2.24) is 30.6 Å². The Balaban J connectivity index is 1.77. The molecule has 2 N–H and O–H groups in total. The zero-order chi connectivity index (χ0) is 22.2. The fourth-order valence-corrected chi connectivity index (χ4v) is 5.11. The Kier molecular flexibility index (Phi) is 4.87. The van der Waals surface area contributed by atoms with E-state index < -0.39 is 0 Å². The smallest absolute Gasteiger partial charge is 0.115 e. The van der Waals surface area contributed by atoms with Gasteiger partial charge in [0.15, 0.2) is 0 Å². The SMILES string of the molecule is Cc1c(N2CCCCC2)c(-c2cn[nH]n2)c2c(-c3ccccn3)[nH]nc2c1-c1ccccc1. The lowest BCUT2D eigenvalue weighted by Gasteiger charge is -2.33. The number of anilines is 1. The van der Waals surface area contributed by atoms with Crippen molar-refractivity contribution in [3.63, 3.8) is 0 Å². The third kappa shape index (κ3) is 3.28. The molecule has 7 nitrogen and oxygen atoms in total. The van der Waals surface area contributed by atoms with Gasteiger partial charge in [-0.1, -0.05) is 36.4 Å². The van der Waals surface area contributed by atoms with Crippen LogP contribution in [-0.2, 0) is 0 Å². The van der Waals surface area contributed by atoms with Gasteiger partial charge in [0, 0.05) is 35.8 Å². The summed E-state index contributed by atoms with van der Waals surface area (Å²) in [5.41, 5.74) is 9.31. The number of nitrogens with one attached hydrogen (secondary N) is 2. The van der Waals surface area contributed by atoms with Crippen molar-refractivity contribution in [2.75, 3.05) is 18.0 Å². The second kappa shape index (κ2) is 8.16. The molecule has 5 aromatic rings. The number of pyridine rings is 1. The molecule has 7 heteroatoms. The number of rotatable bonds is 4. The molecular weight excluding hydrogens is 410 g/mol. The second-order valence-corrected chi connectivity index (χ2v) is 8.53. The number of fused-ring (bicyclic) bond motifs is 1. The molecule has 0 unspecified atom stereocenters. The summed E-state index contributed by atoms with van der Waals surface area (Å²) in [4.78, 5) is 7.15. The summed E-state index contributed by atoms with van der Waals surface area (Å²) in [7, 11) is 0. The highest BCUT2D eigenvalue weighted by Crippen LogP contribution is 2.48. The Hall–Kier alpha value is -4.00. The van der Waals surface area contributed by atoms with E-state index in [4.69, 9.17) is 5.10 Å². The fourth-order valence-electron chi connectivity index (χ4n) is 5.11. The van der Waals surface area contributed by atoms with Gasteiger partial charge in [-0.25, -0.2) is 0 Å². The van der Waals surface area contributed by atoms with Crippen LogP contribution in [0, 0.1) is 6.92 Å². The molecule has 6 rings (SSSR count). The topological polar surface area (TPSA) is 86.4 Å². The molecule has 0 atom stereocenters. The van der Waals surface area contributed by atoms with E-state index in [1.54, 1.807) is 6.20 Å². The van der Waals surface area contributed by atoms with Crippen LogP contribution in [0.15, 0.2) is 60.9 Å². The highest BCUT2D eigenvalue weighted by atomic mass is 15.3. The number of hydrogen-bond acceptors (Lipinski definition) is 5. The highest BCUT2D eigenvalue weighted by molar-refractivity contribution is 6.14. The maximum atomic E-state index is 4.85. The van der Waals surface area contributed by atoms with Gasteiger partial charge >= 0.3 is 0 Å². The third-order valence-electron chi connectivity index (χ3n) is 6.55. The van der Waals surface area contributed by atoms with Crippen LogP contribution in [0.25, 0.3) is 44.7 Å². The lowest BCUT2D eigenvalue weighted by atomic mass is 9.89. The molecule has 0 radical (unpaired) electrons. The predicted octanol–water partition coefficient (Wildman–Crippen LogP) is 5.38. The summed E-state index contributed by atoms with van der Waals surface area (Å²) in [6.45, 7) is 4.27. The maximum absolute atomic E-state index is 4.85. The van der Waals surface area contributed by atoms with Crippen molar-refractivity contribution in [2.45, 2.75) is 26.2 Å². The van der Waals surface area contributed by atoms with Gasteiger partial charge in [0.25, 0.3) is 0 Å². The van der Waals surface area contributed by atoms with Gasteiger partial charge in [0.2, 0.25) is 0 Å². The predicted molar refractivity (Wildman–Crippen MR) is 131 cm³/mol. The maximum Gasteiger partial charge on any atom is 0.115 e. The van der Waals surface area contributed by atoms with Gasteiger partial charge in [-0.2, -0.15) is 20.5 Å². The van der Waals surface area contributed by atoms with E-state index in [1.807, 2.05) is 24.4 Å². The van der Waals surface area contributed by atoms with Crippen molar-refractivity contribution in [3.8, 4) is 33.8 Å². The normalized spacial score (nSPS) is 14.2. The molecule has 1 aliphatic heterocycles. The van der Waals surface area contributed by atoms with Gasteiger partial charge < -0.3 is 4.90 Å². The van der Waals surface area contributed by atoms with Gasteiger partial charge in [-0.3, -0.25) is 10.1 Å². The molecule has 1 fully saturated rings. The van der Waals surface area contributed by atoms with Crippen LogP contribution in [0.4, 0.5) is 5.69 Å². The number of piperidine rings is 1. The summed E-state index contributed by atoms with van der Waals surface area (Å²) in [5, 5.41) is 20.7. The van der Waals surface area contributed by atoms with E-state index in [0.717, 1.165) is 57.8 Å². The van der Waals surface area contributed by atoms with Crippen molar-refractivity contribution in [1.29, 1.82) is 0 Å². The Morgan fingerprint density at radius 1 is 0.848 bits per heavy atom. The van der Waals surface area contributed by atoms with Gasteiger partial charge in [-0.05, 0) is 49.4 Å². The molecule has 164 valence electrons. The minimum atomic E-state index is 0.821. The van der Waals surface area contributed by atoms with Gasteiger partial charge in [0.1, 0.15) is 11.2 Å². The summed E-state index contributed by atoms with van der Waals surface area (Å²) in [5.74, 6) is 0. The standard InChI is InChI=1S/C26H25N7/c1-17-21(18-10-4-2-5-11-18)25-23(24(30-31-25)19-12-6-7-13-27-19)22(20-16-28-32-29-20)26(17)33-14-8-3-9-15-33/h2,4-7,10-13,16H,3,8-9,14-15H2,1H3,(H,30,31)(H,28,29,32). The zero-order valence-electron chi connectivity index (χ0n) is 18.5. The summed E-state index contributed by atoms with van der Waals surface area (Å²) >= 11 is 0. The quantitative estimate of drug-likeness (QED) is 0.396. The van der Waals surface area contributed by atoms with Crippen LogP contribution < -0.4 is 4.90 Å². The third-order valence-corrected chi connectivity index (χ3v) is 6.55. The zero-order valence-corrected chi connectivity index (χ0v) is 18.5. The molecule has 0 spiro atoms. The monoisotopic (exact) mass is 435 g/mol. The van der Waals surface area contributed by atoms with Crippen LogP contribution in [0.5, 0.6) is 0 Å². The molecular formula is C26H25N7. The van der Waals surface area contributed by atoms with Crippen LogP contribution >= 0.6 is 0 Å². The Morgan fingerprint density at radius 3 is 2.39 bits per heavy atom. The molecule has 3 aromatic heterocycles. The lowest BCUT2D eigenvalue weighted by Crippen LogP contribution is -2.30. The van der Waals surface area contributed by atoms with Gasteiger partial charge in [0.05, 0.1) is 23.3 Å². The van der Waals surface area contributed by atoms with E-state index in [9.17, 15) is 0 Å². The van der Waals surface area contributed by atoms with E-state index in [-0.39, 0.29) is 0 Å². The van der Waals surface area contributed by atoms with E-state index >= 15 is 0 Å². The summed E-state index contributed by atoms with van der Waals surface area (Å²) in [6, 6.07) is 16.5. The van der Waals surface area contributed by atoms with Crippen molar-refractivity contribution >= 4 is 16.6 Å². The molecule has 4 heterocycles. The number of aromatic amines is 2. The average molecular weight is 436 g/mol. The Labute approximate surface area is 191 Å². The van der Waals surface area contributed by atoms with Gasteiger partial charge in [-0.15, -0.1) is 0 Å². The minimum absolute atomic E-state index is 0.821. The number of aromatic nitrogens is 6. The van der Waals surface area contributed by atoms with Crippen LogP contribution in [0.1, 0.15) is 24.8 Å². The molecule has 0 saturated carbocycles. The molecule has 0 aliphatic carbocycles. The van der Waals surface area contributed by atoms with Crippen molar-refractivity contribution < 1.29 is 0 Å². The fraction of sp³-hybridized carbons (Fsp3) is 0.231. The number of hydrogen-bond donors (Lipinski definition) is 2. The summed E-state index contributed by atoms with van der Waals surface area (Å²) in [6.07, 6.45) is 7.27. The second-order valence-electron chi connectivity index (χ2n) is 8.53. The molecule has 1 aliphatic rings. The Bertz CT molecular complexity index is 1380. The first-order valence-corrected chi connectivity index (χ1v) is 11.5. The molecule has 2 aromatic carbocycles. The van der Waals surface area contributed by atoms with Crippen LogP contribution in [-0.4, -0.2) is 43.7 Å². The molecule has 1 saturated heterocycles. The highest BCUT2D eigenvalue weighted by Gasteiger charge is 2.28. The van der Waals surface area contributed by atoms with Crippen molar-refractivity contribution in [3.05, 3.63) is 66.5 Å². The van der Waals surface area contributed by atoms with E-state index in [2.05, 4.69) is 67.6 Å². The number of H-pyrrole nitrogens is 2.